The van der Waals surface area contributed by atoms with E-state index in [-0.39, 0.29) is 5.91 Å². The number of amides is 1. The number of carbonyl (C=O) groups excluding carboxylic acids is 1. The summed E-state index contributed by atoms with van der Waals surface area (Å²) < 4.78 is 5.30. The van der Waals surface area contributed by atoms with Crippen LogP contribution < -0.4 is 10.1 Å². The van der Waals surface area contributed by atoms with Crippen molar-refractivity contribution in [2.75, 3.05) is 46.4 Å². The van der Waals surface area contributed by atoms with Gasteiger partial charge in [0.05, 0.1) is 12.7 Å². The fourth-order valence-corrected chi connectivity index (χ4v) is 3.26. The molecule has 21 heavy (non-hydrogen) atoms. The predicted octanol–water partition coefficient (Wildman–Crippen LogP) is 0.815. The highest BCUT2D eigenvalue weighted by Crippen LogP contribution is 2.23. The Bertz CT molecular complexity index is 500. The van der Waals surface area contributed by atoms with Gasteiger partial charge in [-0.25, -0.2) is 0 Å². The third kappa shape index (κ3) is 3.04. The Morgan fingerprint density at radius 3 is 2.76 bits per heavy atom. The SMILES string of the molecule is COc1ccccc1C(=O)N1CCC(N2CCNCC2)C1. The zero-order valence-electron chi connectivity index (χ0n) is 12.5. The van der Waals surface area contributed by atoms with Crippen molar-refractivity contribution in [3.8, 4) is 5.75 Å². The van der Waals surface area contributed by atoms with Gasteiger partial charge in [0.25, 0.3) is 5.91 Å². The number of ether oxygens (including phenoxy) is 1. The molecule has 2 fully saturated rings. The number of hydrogen-bond acceptors (Lipinski definition) is 4. The number of methoxy groups -OCH3 is 1. The molecule has 2 aliphatic heterocycles. The molecule has 2 heterocycles. The molecule has 1 atom stereocenters. The van der Waals surface area contributed by atoms with Crippen LogP contribution in [0, 0.1) is 0 Å². The molecule has 5 heteroatoms. The Balaban J connectivity index is 1.66. The standard InChI is InChI=1S/C16H23N3O2/c1-21-15-5-3-2-4-14(15)16(20)19-9-6-13(12-19)18-10-7-17-8-11-18/h2-5,13,17H,6-12H2,1H3. The number of para-hydroxylation sites is 1. The van der Waals surface area contributed by atoms with Crippen molar-refractivity contribution in [2.24, 2.45) is 0 Å². The summed E-state index contributed by atoms with van der Waals surface area (Å²) in [4.78, 5) is 17.1. The lowest BCUT2D eigenvalue weighted by molar-refractivity contribution is 0.0770. The van der Waals surface area contributed by atoms with Crippen molar-refractivity contribution < 1.29 is 9.53 Å². The number of likely N-dealkylation sites (tertiary alicyclic amines) is 1. The Hall–Kier alpha value is -1.59. The maximum absolute atomic E-state index is 12.7. The number of hydrogen-bond donors (Lipinski definition) is 1. The minimum Gasteiger partial charge on any atom is -0.496 e. The van der Waals surface area contributed by atoms with E-state index in [1.165, 1.54) is 0 Å². The van der Waals surface area contributed by atoms with Gasteiger partial charge in [0, 0.05) is 45.3 Å². The van der Waals surface area contributed by atoms with Crippen LogP contribution in [0.1, 0.15) is 16.8 Å². The summed E-state index contributed by atoms with van der Waals surface area (Å²) in [7, 11) is 1.61. The Morgan fingerprint density at radius 1 is 1.24 bits per heavy atom. The summed E-state index contributed by atoms with van der Waals surface area (Å²) >= 11 is 0. The predicted molar refractivity (Wildman–Crippen MR) is 81.7 cm³/mol. The van der Waals surface area contributed by atoms with Gasteiger partial charge in [0.15, 0.2) is 0 Å². The normalized spacial score (nSPS) is 23.3. The van der Waals surface area contributed by atoms with Crippen LogP contribution in [-0.2, 0) is 0 Å². The molecule has 114 valence electrons. The molecule has 0 bridgehead atoms. The molecular formula is C16H23N3O2. The van der Waals surface area contributed by atoms with E-state index in [2.05, 4.69) is 10.2 Å². The van der Waals surface area contributed by atoms with Gasteiger partial charge in [-0.1, -0.05) is 12.1 Å². The second kappa shape index (κ2) is 6.45. The fourth-order valence-electron chi connectivity index (χ4n) is 3.26. The summed E-state index contributed by atoms with van der Waals surface area (Å²) in [5.74, 6) is 0.748. The van der Waals surface area contributed by atoms with E-state index in [4.69, 9.17) is 4.74 Å². The molecule has 0 spiro atoms. The van der Waals surface area contributed by atoms with E-state index in [0.717, 1.165) is 45.7 Å². The highest BCUT2D eigenvalue weighted by molar-refractivity contribution is 5.97. The third-order valence-corrected chi connectivity index (χ3v) is 4.46. The lowest BCUT2D eigenvalue weighted by Gasteiger charge is -2.32. The first-order valence-corrected chi connectivity index (χ1v) is 7.66. The van der Waals surface area contributed by atoms with Gasteiger partial charge in [0.1, 0.15) is 5.75 Å². The summed E-state index contributed by atoms with van der Waals surface area (Å²) in [5, 5.41) is 3.37. The molecule has 5 nitrogen and oxygen atoms in total. The first-order valence-electron chi connectivity index (χ1n) is 7.66. The molecular weight excluding hydrogens is 266 g/mol. The van der Waals surface area contributed by atoms with Crippen molar-refractivity contribution in [1.82, 2.24) is 15.1 Å². The highest BCUT2D eigenvalue weighted by atomic mass is 16.5. The summed E-state index contributed by atoms with van der Waals surface area (Å²) in [5.41, 5.74) is 0.668. The van der Waals surface area contributed by atoms with Gasteiger partial charge in [-0.05, 0) is 18.6 Å². The molecule has 0 radical (unpaired) electrons. The summed E-state index contributed by atoms with van der Waals surface area (Å²) in [6.45, 7) is 5.94. The van der Waals surface area contributed by atoms with Crippen molar-refractivity contribution in [2.45, 2.75) is 12.5 Å². The van der Waals surface area contributed by atoms with Crippen molar-refractivity contribution in [3.63, 3.8) is 0 Å². The molecule has 0 aromatic heterocycles. The van der Waals surface area contributed by atoms with Gasteiger partial charge in [-0.3, -0.25) is 9.69 Å². The van der Waals surface area contributed by atoms with Crippen LogP contribution in [0.4, 0.5) is 0 Å². The molecule has 1 aromatic rings. The summed E-state index contributed by atoms with van der Waals surface area (Å²) in [6.07, 6.45) is 1.07. The van der Waals surface area contributed by atoms with Crippen LogP contribution in [0.3, 0.4) is 0 Å². The maximum Gasteiger partial charge on any atom is 0.257 e. The number of carbonyl (C=O) groups is 1. The van der Waals surface area contributed by atoms with Crippen molar-refractivity contribution in [1.29, 1.82) is 0 Å². The average molecular weight is 289 g/mol. The minimum absolute atomic E-state index is 0.0880. The number of piperazine rings is 1. The molecule has 2 aliphatic rings. The Kier molecular flexibility index (Phi) is 4.41. The highest BCUT2D eigenvalue weighted by Gasteiger charge is 2.32. The van der Waals surface area contributed by atoms with E-state index in [9.17, 15) is 4.79 Å². The average Bonchev–Trinajstić information content (AvgIpc) is 3.05. The number of nitrogens with zero attached hydrogens (tertiary/aromatic N) is 2. The topological polar surface area (TPSA) is 44.8 Å². The zero-order chi connectivity index (χ0) is 14.7. The lowest BCUT2D eigenvalue weighted by Crippen LogP contribution is -2.49. The quantitative estimate of drug-likeness (QED) is 0.894. The number of nitrogens with one attached hydrogen (secondary N) is 1. The monoisotopic (exact) mass is 289 g/mol. The van der Waals surface area contributed by atoms with E-state index >= 15 is 0 Å². The molecule has 0 aliphatic carbocycles. The van der Waals surface area contributed by atoms with Crippen molar-refractivity contribution >= 4 is 5.91 Å². The van der Waals surface area contributed by atoms with E-state index in [1.54, 1.807) is 7.11 Å². The largest absolute Gasteiger partial charge is 0.496 e. The van der Waals surface area contributed by atoms with E-state index in [0.29, 0.717) is 17.4 Å². The zero-order valence-corrected chi connectivity index (χ0v) is 12.5. The second-order valence-electron chi connectivity index (χ2n) is 5.68. The molecule has 1 amide bonds. The molecule has 1 unspecified atom stereocenters. The number of rotatable bonds is 3. The van der Waals surface area contributed by atoms with E-state index in [1.807, 2.05) is 29.2 Å². The molecule has 1 N–H and O–H groups in total. The first-order chi connectivity index (χ1) is 10.3. The van der Waals surface area contributed by atoms with Crippen LogP contribution in [0.25, 0.3) is 0 Å². The smallest absolute Gasteiger partial charge is 0.257 e. The van der Waals surface area contributed by atoms with E-state index < -0.39 is 0 Å². The van der Waals surface area contributed by atoms with Crippen LogP contribution in [-0.4, -0.2) is 68.1 Å². The van der Waals surface area contributed by atoms with Crippen LogP contribution >= 0.6 is 0 Å². The first kappa shape index (κ1) is 14.4. The van der Waals surface area contributed by atoms with Crippen LogP contribution in [0.15, 0.2) is 24.3 Å². The fraction of sp³-hybridized carbons (Fsp3) is 0.562. The molecule has 1 aromatic carbocycles. The van der Waals surface area contributed by atoms with Crippen molar-refractivity contribution in [3.05, 3.63) is 29.8 Å². The van der Waals surface area contributed by atoms with Gasteiger partial charge >= 0.3 is 0 Å². The Labute approximate surface area is 125 Å². The second-order valence-corrected chi connectivity index (χ2v) is 5.68. The van der Waals surface area contributed by atoms with Gasteiger partial charge in [-0.15, -0.1) is 0 Å². The maximum atomic E-state index is 12.7. The van der Waals surface area contributed by atoms with Crippen LogP contribution in [0.5, 0.6) is 5.75 Å². The van der Waals surface area contributed by atoms with Gasteiger partial charge < -0.3 is 15.0 Å². The lowest BCUT2D eigenvalue weighted by atomic mass is 10.1. The number of benzene rings is 1. The van der Waals surface area contributed by atoms with Gasteiger partial charge in [0.2, 0.25) is 0 Å². The van der Waals surface area contributed by atoms with Gasteiger partial charge in [-0.2, -0.15) is 0 Å². The summed E-state index contributed by atoms with van der Waals surface area (Å²) in [6, 6.07) is 7.98. The van der Waals surface area contributed by atoms with Crippen LogP contribution in [0.2, 0.25) is 0 Å². The Morgan fingerprint density at radius 2 is 2.00 bits per heavy atom. The molecule has 3 rings (SSSR count). The molecule has 0 saturated carbocycles. The minimum atomic E-state index is 0.0880. The molecule has 2 saturated heterocycles. The third-order valence-electron chi connectivity index (χ3n) is 4.46.